The predicted molar refractivity (Wildman–Crippen MR) is 88.2 cm³/mol. The molecule has 4 aliphatic rings. The second kappa shape index (κ2) is 4.42. The van der Waals surface area contributed by atoms with Crippen molar-refractivity contribution >= 4 is 11.5 Å². The first-order valence-electron chi connectivity index (χ1n) is 8.86. The fraction of sp³-hybridized carbons (Fsp3) is 0.550. The Bertz CT molecular complexity index is 782. The van der Waals surface area contributed by atoms with E-state index in [9.17, 15) is 15.0 Å². The number of aromatic hydroxyl groups is 1. The van der Waals surface area contributed by atoms with Crippen LogP contribution in [0.3, 0.4) is 0 Å². The summed E-state index contributed by atoms with van der Waals surface area (Å²) in [5.74, 6) is 0.795. The Labute approximate surface area is 141 Å². The molecule has 126 valence electrons. The number of aliphatic hydroxyl groups is 1. The fourth-order valence-corrected chi connectivity index (χ4v) is 5.93. The molecular formula is C20H22O4. The van der Waals surface area contributed by atoms with Crippen LogP contribution in [0, 0.1) is 17.3 Å². The number of benzene rings is 1. The van der Waals surface area contributed by atoms with Crippen molar-refractivity contribution in [2.24, 2.45) is 17.3 Å². The molecule has 0 aromatic heterocycles. The molecule has 1 aromatic carbocycles. The summed E-state index contributed by atoms with van der Waals surface area (Å²) in [5.41, 5.74) is 2.49. The summed E-state index contributed by atoms with van der Waals surface area (Å²) in [7, 11) is 0. The first kappa shape index (κ1) is 14.5. The molecule has 0 radical (unpaired) electrons. The number of carbonyl (C=O) groups excluding carboxylic acids is 1. The van der Waals surface area contributed by atoms with Gasteiger partial charge < -0.3 is 14.9 Å². The Morgan fingerprint density at radius 1 is 1.33 bits per heavy atom. The standard InChI is InChI=1S/C20H22O4/c1-19-7-6-14-13-5-3-12(21)8-11(13)2-4-15(14)16(19)9-17-20(19,23)10-18(22)24-17/h3,5-6,8,15-17,21,23H,2,4,7,9-10H2,1H3/t15-,16+,17?,19+,20-/m1/s1. The van der Waals surface area contributed by atoms with E-state index >= 15 is 0 Å². The smallest absolute Gasteiger partial charge is 0.309 e. The lowest BCUT2D eigenvalue weighted by Crippen LogP contribution is -2.50. The number of phenolic OH excluding ortho intramolecular Hbond substituents is 1. The Hall–Kier alpha value is -1.81. The van der Waals surface area contributed by atoms with Gasteiger partial charge in [0.2, 0.25) is 0 Å². The first-order chi connectivity index (χ1) is 11.4. The van der Waals surface area contributed by atoms with Crippen LogP contribution in [-0.4, -0.2) is 27.9 Å². The summed E-state index contributed by atoms with van der Waals surface area (Å²) in [6.07, 6.45) is 5.54. The highest BCUT2D eigenvalue weighted by Gasteiger charge is 2.69. The molecule has 24 heavy (non-hydrogen) atoms. The predicted octanol–water partition coefficient (Wildman–Crippen LogP) is 2.81. The zero-order valence-electron chi connectivity index (χ0n) is 13.8. The summed E-state index contributed by atoms with van der Waals surface area (Å²) in [6.45, 7) is 2.14. The third-order valence-corrected chi connectivity index (χ3v) is 7.25. The molecular weight excluding hydrogens is 304 g/mol. The lowest BCUT2D eigenvalue weighted by Gasteiger charge is -2.48. The van der Waals surface area contributed by atoms with Gasteiger partial charge in [0.05, 0.1) is 6.42 Å². The molecule has 3 aliphatic carbocycles. The maximum absolute atomic E-state index is 11.7. The quantitative estimate of drug-likeness (QED) is 0.720. The summed E-state index contributed by atoms with van der Waals surface area (Å²) >= 11 is 0. The van der Waals surface area contributed by atoms with E-state index in [0.717, 1.165) is 25.7 Å². The molecule has 5 atom stereocenters. The highest BCUT2D eigenvalue weighted by Crippen LogP contribution is 2.65. The van der Waals surface area contributed by atoms with E-state index in [0.29, 0.717) is 17.6 Å². The number of fused-ring (bicyclic) bond motifs is 7. The van der Waals surface area contributed by atoms with Gasteiger partial charge in [-0.05, 0) is 66.4 Å². The Morgan fingerprint density at radius 2 is 2.17 bits per heavy atom. The van der Waals surface area contributed by atoms with Gasteiger partial charge in [-0.15, -0.1) is 0 Å². The third-order valence-electron chi connectivity index (χ3n) is 7.25. The molecule has 1 aliphatic heterocycles. The lowest BCUT2D eigenvalue weighted by molar-refractivity contribution is -0.142. The van der Waals surface area contributed by atoms with Crippen LogP contribution in [0.2, 0.25) is 0 Å². The van der Waals surface area contributed by atoms with Crippen LogP contribution in [0.4, 0.5) is 0 Å². The summed E-state index contributed by atoms with van der Waals surface area (Å²) in [4.78, 5) is 11.7. The van der Waals surface area contributed by atoms with Gasteiger partial charge >= 0.3 is 5.97 Å². The number of aryl methyl sites for hydroxylation is 1. The van der Waals surface area contributed by atoms with Crippen LogP contribution in [-0.2, 0) is 16.0 Å². The second-order valence-corrected chi connectivity index (χ2v) is 8.19. The largest absolute Gasteiger partial charge is 0.508 e. The zero-order valence-corrected chi connectivity index (χ0v) is 13.8. The molecule has 1 aromatic rings. The molecule has 0 amide bonds. The van der Waals surface area contributed by atoms with Crippen LogP contribution in [0.15, 0.2) is 24.3 Å². The number of ether oxygens (including phenoxy) is 1. The second-order valence-electron chi connectivity index (χ2n) is 8.19. The highest BCUT2D eigenvalue weighted by atomic mass is 16.6. The summed E-state index contributed by atoms with van der Waals surface area (Å²) < 4.78 is 5.47. The summed E-state index contributed by atoms with van der Waals surface area (Å²) in [6, 6.07) is 5.66. The topological polar surface area (TPSA) is 66.8 Å². The van der Waals surface area contributed by atoms with Crippen molar-refractivity contribution < 1.29 is 19.7 Å². The zero-order chi connectivity index (χ0) is 16.7. The van der Waals surface area contributed by atoms with E-state index in [4.69, 9.17) is 4.74 Å². The van der Waals surface area contributed by atoms with Crippen LogP contribution >= 0.6 is 0 Å². The molecule has 0 spiro atoms. The maximum Gasteiger partial charge on any atom is 0.309 e. The lowest BCUT2D eigenvalue weighted by atomic mass is 9.57. The van der Waals surface area contributed by atoms with Crippen molar-refractivity contribution in [1.29, 1.82) is 0 Å². The van der Waals surface area contributed by atoms with Gasteiger partial charge in [-0.3, -0.25) is 4.79 Å². The molecule has 2 fully saturated rings. The molecule has 1 unspecified atom stereocenters. The van der Waals surface area contributed by atoms with E-state index in [1.807, 2.05) is 12.1 Å². The van der Waals surface area contributed by atoms with Crippen LogP contribution in [0.5, 0.6) is 5.75 Å². The average Bonchev–Trinajstić information content (AvgIpc) is 2.94. The molecule has 2 N–H and O–H groups in total. The minimum Gasteiger partial charge on any atom is -0.508 e. The molecule has 1 heterocycles. The van der Waals surface area contributed by atoms with Crippen molar-refractivity contribution in [3.05, 3.63) is 35.4 Å². The third kappa shape index (κ3) is 1.60. The number of allylic oxidation sites excluding steroid dienone is 2. The van der Waals surface area contributed by atoms with E-state index in [-0.39, 0.29) is 23.9 Å². The molecule has 5 rings (SSSR count). The van der Waals surface area contributed by atoms with Crippen molar-refractivity contribution in [1.82, 2.24) is 0 Å². The minimum atomic E-state index is -1.02. The van der Waals surface area contributed by atoms with Gasteiger partial charge in [0.1, 0.15) is 17.5 Å². The molecule has 1 saturated carbocycles. The SMILES string of the molecule is C[C@]12CC=C3c4ccc(O)cc4CC[C@H]3[C@@H]1CC1OC(=O)C[C@@]12O. The number of rotatable bonds is 0. The number of hydrogen-bond donors (Lipinski definition) is 2. The van der Waals surface area contributed by atoms with E-state index in [1.165, 1.54) is 16.7 Å². The number of esters is 1. The van der Waals surface area contributed by atoms with Gasteiger partial charge in [-0.25, -0.2) is 0 Å². The van der Waals surface area contributed by atoms with Crippen molar-refractivity contribution in [3.8, 4) is 5.75 Å². The monoisotopic (exact) mass is 326 g/mol. The van der Waals surface area contributed by atoms with Gasteiger partial charge in [0.25, 0.3) is 0 Å². The fourth-order valence-electron chi connectivity index (χ4n) is 5.93. The van der Waals surface area contributed by atoms with Crippen molar-refractivity contribution in [3.63, 3.8) is 0 Å². The summed E-state index contributed by atoms with van der Waals surface area (Å²) in [5, 5.41) is 21.0. The van der Waals surface area contributed by atoms with Crippen LogP contribution in [0.25, 0.3) is 5.57 Å². The average molecular weight is 326 g/mol. The number of carbonyl (C=O) groups is 1. The van der Waals surface area contributed by atoms with Gasteiger partial charge in [-0.2, -0.15) is 0 Å². The normalized spacial score (nSPS) is 42.5. The van der Waals surface area contributed by atoms with Gasteiger partial charge in [0, 0.05) is 5.41 Å². The molecule has 4 heteroatoms. The Balaban J connectivity index is 1.59. The highest BCUT2D eigenvalue weighted by molar-refractivity contribution is 5.76. The first-order valence-corrected chi connectivity index (χ1v) is 8.86. The maximum atomic E-state index is 11.7. The molecule has 0 bridgehead atoms. The number of phenols is 1. The minimum absolute atomic E-state index is 0.130. The molecule has 4 nitrogen and oxygen atoms in total. The Morgan fingerprint density at radius 3 is 3.00 bits per heavy atom. The van der Waals surface area contributed by atoms with E-state index in [1.54, 1.807) is 6.07 Å². The number of hydrogen-bond acceptors (Lipinski definition) is 4. The van der Waals surface area contributed by atoms with Crippen molar-refractivity contribution in [2.45, 2.75) is 50.7 Å². The van der Waals surface area contributed by atoms with E-state index in [2.05, 4.69) is 13.0 Å². The van der Waals surface area contributed by atoms with E-state index < -0.39 is 5.60 Å². The van der Waals surface area contributed by atoms with Gasteiger partial charge in [-0.1, -0.05) is 19.1 Å². The van der Waals surface area contributed by atoms with Gasteiger partial charge in [0.15, 0.2) is 0 Å². The van der Waals surface area contributed by atoms with Crippen LogP contribution < -0.4 is 0 Å². The Kier molecular flexibility index (Phi) is 2.68. The molecule has 1 saturated heterocycles. The van der Waals surface area contributed by atoms with Crippen molar-refractivity contribution in [2.75, 3.05) is 0 Å². The van der Waals surface area contributed by atoms with Crippen LogP contribution in [0.1, 0.15) is 43.7 Å².